The number of ether oxygens (including phenoxy) is 2. The maximum atomic E-state index is 13.7. The fourth-order valence-electron chi connectivity index (χ4n) is 4.75. The molecule has 1 saturated carbocycles. The quantitative estimate of drug-likeness (QED) is 0.360. The van der Waals surface area contributed by atoms with E-state index in [1.54, 1.807) is 55.7 Å². The fraction of sp³-hybridized carbons (Fsp3) is 0.519. The average Bonchev–Trinajstić information content (AvgIpc) is 3.71. The minimum absolute atomic E-state index is 0.122. The molecule has 1 N–H and O–H groups in total. The zero-order valence-electron chi connectivity index (χ0n) is 22.3. The van der Waals surface area contributed by atoms with Crippen LogP contribution in [-0.4, -0.2) is 63.2 Å². The van der Waals surface area contributed by atoms with Gasteiger partial charge in [0, 0.05) is 11.6 Å². The molecule has 1 atom stereocenters. The van der Waals surface area contributed by atoms with Gasteiger partial charge in [-0.05, 0) is 54.8 Å². The summed E-state index contributed by atoms with van der Waals surface area (Å²) in [5, 5.41) is 15.8. The summed E-state index contributed by atoms with van der Waals surface area (Å²) in [6.07, 6.45) is 8.01. The number of carbonyl (C=O) groups is 2. The third-order valence-electron chi connectivity index (χ3n) is 6.81. The van der Waals surface area contributed by atoms with Crippen molar-refractivity contribution < 1.29 is 23.5 Å². The predicted octanol–water partition coefficient (Wildman–Crippen LogP) is 3.60. The first-order chi connectivity index (χ1) is 18.5. The van der Waals surface area contributed by atoms with Gasteiger partial charge in [0.15, 0.2) is 11.5 Å². The fourth-order valence-corrected chi connectivity index (χ4v) is 4.75. The Bertz CT molecular complexity index is 1190. The lowest BCUT2D eigenvalue weighted by Gasteiger charge is -2.31. The number of furan rings is 1. The summed E-state index contributed by atoms with van der Waals surface area (Å²) in [6, 6.07) is 8.41. The van der Waals surface area contributed by atoms with Gasteiger partial charge in [0.05, 0.1) is 27.0 Å². The van der Waals surface area contributed by atoms with Gasteiger partial charge in [-0.3, -0.25) is 9.59 Å². The van der Waals surface area contributed by atoms with Crippen LogP contribution in [0.4, 0.5) is 0 Å². The van der Waals surface area contributed by atoms with Crippen molar-refractivity contribution in [2.24, 2.45) is 0 Å². The molecular weight excluding hydrogens is 488 g/mol. The molecule has 1 aromatic carbocycles. The second-order valence-corrected chi connectivity index (χ2v) is 9.46. The number of tetrazole rings is 1. The largest absolute Gasteiger partial charge is 0.493 e. The van der Waals surface area contributed by atoms with Crippen LogP contribution in [0, 0.1) is 0 Å². The van der Waals surface area contributed by atoms with E-state index in [9.17, 15) is 9.59 Å². The van der Waals surface area contributed by atoms with E-state index < -0.39 is 6.04 Å². The molecule has 4 rings (SSSR count). The number of benzene rings is 1. The molecule has 0 unspecified atom stereocenters. The number of aromatic nitrogens is 4. The smallest absolute Gasteiger partial charge is 0.247 e. The molecule has 1 aliphatic carbocycles. The molecule has 204 valence electrons. The maximum Gasteiger partial charge on any atom is 0.247 e. The Morgan fingerprint density at radius 2 is 1.97 bits per heavy atom. The average molecular weight is 525 g/mol. The molecule has 11 heteroatoms. The topological polar surface area (TPSA) is 125 Å². The van der Waals surface area contributed by atoms with Crippen LogP contribution >= 0.6 is 0 Å². The molecule has 38 heavy (non-hydrogen) atoms. The Hall–Kier alpha value is -3.89. The Morgan fingerprint density at radius 3 is 2.66 bits per heavy atom. The molecule has 2 amide bonds. The molecule has 0 saturated heterocycles. The first-order valence-electron chi connectivity index (χ1n) is 13.1. The number of unbranched alkanes of at least 4 members (excludes halogenated alkanes) is 1. The first kappa shape index (κ1) is 27.2. The van der Waals surface area contributed by atoms with E-state index in [1.165, 1.54) is 4.80 Å². The molecule has 0 aliphatic heterocycles. The van der Waals surface area contributed by atoms with E-state index in [-0.39, 0.29) is 30.9 Å². The van der Waals surface area contributed by atoms with Crippen molar-refractivity contribution in [3.63, 3.8) is 0 Å². The minimum atomic E-state index is -0.623. The van der Waals surface area contributed by atoms with Crippen LogP contribution in [0.15, 0.2) is 41.0 Å². The summed E-state index contributed by atoms with van der Waals surface area (Å²) in [4.78, 5) is 29.9. The number of carbonyl (C=O) groups excluding carboxylic acids is 2. The Morgan fingerprint density at radius 1 is 1.18 bits per heavy atom. The summed E-state index contributed by atoms with van der Waals surface area (Å²) in [6.45, 7) is 2.08. The van der Waals surface area contributed by atoms with Crippen LogP contribution < -0.4 is 14.8 Å². The second-order valence-electron chi connectivity index (χ2n) is 9.46. The SMILES string of the molecule is CCCC[C@H](C(=O)NC1CCCC1)N(Cc1ccco1)C(=O)Cn1nnc(-c2ccc(OC)c(OC)c2)n1. The molecular formula is C27H36N6O5. The lowest BCUT2D eigenvalue weighted by atomic mass is 10.1. The first-order valence-corrected chi connectivity index (χ1v) is 13.1. The van der Waals surface area contributed by atoms with E-state index in [0.29, 0.717) is 35.1 Å². The van der Waals surface area contributed by atoms with Crippen LogP contribution in [0.2, 0.25) is 0 Å². The van der Waals surface area contributed by atoms with Crippen LogP contribution in [0.5, 0.6) is 11.5 Å². The summed E-state index contributed by atoms with van der Waals surface area (Å²) in [7, 11) is 3.12. The van der Waals surface area contributed by atoms with Crippen LogP contribution in [-0.2, 0) is 22.7 Å². The van der Waals surface area contributed by atoms with Gasteiger partial charge in [0.1, 0.15) is 18.3 Å². The summed E-state index contributed by atoms with van der Waals surface area (Å²) in [5.41, 5.74) is 0.672. The van der Waals surface area contributed by atoms with Gasteiger partial charge < -0.3 is 24.1 Å². The monoisotopic (exact) mass is 524 g/mol. The highest BCUT2D eigenvalue weighted by atomic mass is 16.5. The number of amides is 2. The summed E-state index contributed by atoms with van der Waals surface area (Å²) in [5.74, 6) is 1.66. The van der Waals surface area contributed by atoms with E-state index >= 15 is 0 Å². The van der Waals surface area contributed by atoms with Crippen molar-refractivity contribution in [2.45, 2.75) is 77.0 Å². The summed E-state index contributed by atoms with van der Waals surface area (Å²) >= 11 is 0. The molecule has 1 fully saturated rings. The number of hydrogen-bond donors (Lipinski definition) is 1. The zero-order chi connectivity index (χ0) is 26.9. The van der Waals surface area contributed by atoms with Gasteiger partial charge in [0.2, 0.25) is 17.6 Å². The Kier molecular flexibility index (Phi) is 9.34. The van der Waals surface area contributed by atoms with Crippen molar-refractivity contribution >= 4 is 11.8 Å². The predicted molar refractivity (Wildman–Crippen MR) is 139 cm³/mol. The Labute approximate surface area is 222 Å². The number of rotatable bonds is 13. The molecule has 11 nitrogen and oxygen atoms in total. The van der Waals surface area contributed by atoms with E-state index in [2.05, 4.69) is 27.7 Å². The van der Waals surface area contributed by atoms with Crippen LogP contribution in [0.25, 0.3) is 11.4 Å². The zero-order valence-corrected chi connectivity index (χ0v) is 22.3. The molecule has 2 aromatic heterocycles. The lowest BCUT2D eigenvalue weighted by Crippen LogP contribution is -2.52. The molecule has 3 aromatic rings. The van der Waals surface area contributed by atoms with Crippen molar-refractivity contribution in [3.05, 3.63) is 42.4 Å². The van der Waals surface area contributed by atoms with Crippen molar-refractivity contribution in [1.82, 2.24) is 30.4 Å². The number of hydrogen-bond acceptors (Lipinski definition) is 8. The van der Waals surface area contributed by atoms with Gasteiger partial charge in [-0.2, -0.15) is 4.80 Å². The third-order valence-corrected chi connectivity index (χ3v) is 6.81. The van der Waals surface area contributed by atoms with E-state index in [4.69, 9.17) is 13.9 Å². The number of methoxy groups -OCH3 is 2. The summed E-state index contributed by atoms with van der Waals surface area (Å²) < 4.78 is 16.2. The van der Waals surface area contributed by atoms with Crippen molar-refractivity contribution in [3.8, 4) is 22.9 Å². The van der Waals surface area contributed by atoms with Gasteiger partial charge in [-0.15, -0.1) is 10.2 Å². The minimum Gasteiger partial charge on any atom is -0.493 e. The highest BCUT2D eigenvalue weighted by Gasteiger charge is 2.32. The normalized spacial score (nSPS) is 14.3. The number of nitrogens with one attached hydrogen (secondary N) is 1. The molecule has 0 spiro atoms. The van der Waals surface area contributed by atoms with Gasteiger partial charge in [-0.25, -0.2) is 0 Å². The van der Waals surface area contributed by atoms with Crippen LogP contribution in [0.1, 0.15) is 57.6 Å². The van der Waals surface area contributed by atoms with Crippen molar-refractivity contribution in [2.75, 3.05) is 14.2 Å². The van der Waals surface area contributed by atoms with Gasteiger partial charge in [0.25, 0.3) is 0 Å². The van der Waals surface area contributed by atoms with E-state index in [0.717, 1.165) is 38.5 Å². The second kappa shape index (κ2) is 13.1. The molecule has 2 heterocycles. The lowest BCUT2D eigenvalue weighted by molar-refractivity contribution is -0.143. The van der Waals surface area contributed by atoms with Crippen LogP contribution in [0.3, 0.4) is 0 Å². The Balaban J connectivity index is 1.54. The van der Waals surface area contributed by atoms with Gasteiger partial charge in [-0.1, -0.05) is 32.6 Å². The van der Waals surface area contributed by atoms with E-state index in [1.807, 2.05) is 0 Å². The molecule has 1 aliphatic rings. The van der Waals surface area contributed by atoms with Gasteiger partial charge >= 0.3 is 0 Å². The third kappa shape index (κ3) is 6.70. The molecule has 0 bridgehead atoms. The maximum absolute atomic E-state index is 13.7. The standard InChI is InChI=1S/C27H36N6O5/c1-4-5-12-22(27(35)28-20-9-6-7-10-20)32(17-21-11-8-15-38-21)25(34)18-33-30-26(29-31-33)19-13-14-23(36-2)24(16-19)37-3/h8,11,13-16,20,22H,4-7,9-10,12,17-18H2,1-3H3,(H,28,35)/t22-/m1/s1. The molecule has 0 radical (unpaired) electrons. The number of nitrogens with zero attached hydrogens (tertiary/aromatic N) is 5. The highest BCUT2D eigenvalue weighted by Crippen LogP contribution is 2.30. The van der Waals surface area contributed by atoms with Crippen molar-refractivity contribution in [1.29, 1.82) is 0 Å². The highest BCUT2D eigenvalue weighted by molar-refractivity contribution is 5.87.